The van der Waals surface area contributed by atoms with Crippen LogP contribution in [0, 0.1) is 0 Å². The Morgan fingerprint density at radius 3 is 2.76 bits per heavy atom. The highest BCUT2D eigenvalue weighted by Crippen LogP contribution is 2.14. The van der Waals surface area contributed by atoms with E-state index in [9.17, 15) is 0 Å². The lowest BCUT2D eigenvalue weighted by Crippen LogP contribution is -1.96. The van der Waals surface area contributed by atoms with Gasteiger partial charge in [0.25, 0.3) is 11.7 Å². The molecule has 0 amide bonds. The van der Waals surface area contributed by atoms with Gasteiger partial charge in [-0.2, -0.15) is 9.50 Å². The molecular weight excluding hydrogens is 282 g/mol. The summed E-state index contributed by atoms with van der Waals surface area (Å²) in [6.07, 6.45) is 9.66. The van der Waals surface area contributed by atoms with E-state index in [2.05, 4.69) is 32.6 Å². The summed E-state index contributed by atoms with van der Waals surface area (Å²) in [7, 11) is 0. The van der Waals surface area contributed by atoms with E-state index in [1.54, 1.807) is 22.0 Å². The Balaban J connectivity index is 1.79. The van der Waals surface area contributed by atoms with E-state index in [1.807, 2.05) is 47.3 Å². The zero-order chi connectivity index (χ0) is 14.1. The van der Waals surface area contributed by atoms with Crippen molar-refractivity contribution in [2.24, 2.45) is 0 Å². The summed E-state index contributed by atoms with van der Waals surface area (Å²) in [5, 5.41) is 6.57. The standard InChI is InChI=1S/C15H11N5S/c1-2-10-19(9-1)15-17-14-16-8-7-12(20(14)18-15)5-6-13-4-3-11-21-13/h1-11H/b6-5+. The third-order valence-electron chi connectivity index (χ3n) is 3.06. The van der Waals surface area contributed by atoms with Gasteiger partial charge in [0, 0.05) is 23.5 Å². The molecule has 4 aromatic heterocycles. The van der Waals surface area contributed by atoms with Gasteiger partial charge in [0.1, 0.15) is 0 Å². The van der Waals surface area contributed by atoms with Gasteiger partial charge in [-0.05, 0) is 41.8 Å². The molecule has 5 nitrogen and oxygen atoms in total. The summed E-state index contributed by atoms with van der Waals surface area (Å²) >= 11 is 1.70. The van der Waals surface area contributed by atoms with Crippen LogP contribution in [-0.4, -0.2) is 24.1 Å². The van der Waals surface area contributed by atoms with E-state index >= 15 is 0 Å². The molecule has 0 radical (unpaired) electrons. The third-order valence-corrected chi connectivity index (χ3v) is 3.89. The van der Waals surface area contributed by atoms with Gasteiger partial charge in [-0.25, -0.2) is 4.98 Å². The minimum atomic E-state index is 0.590. The van der Waals surface area contributed by atoms with Crippen LogP contribution in [0.25, 0.3) is 23.9 Å². The van der Waals surface area contributed by atoms with E-state index in [0.29, 0.717) is 11.7 Å². The van der Waals surface area contributed by atoms with Crippen LogP contribution in [-0.2, 0) is 0 Å². The lowest BCUT2D eigenvalue weighted by molar-refractivity contribution is 0.877. The fraction of sp³-hybridized carbons (Fsp3) is 0. The molecule has 102 valence electrons. The number of nitrogens with zero attached hydrogens (tertiary/aromatic N) is 5. The molecule has 4 heterocycles. The van der Waals surface area contributed by atoms with Gasteiger partial charge >= 0.3 is 0 Å². The average molecular weight is 293 g/mol. The van der Waals surface area contributed by atoms with Crippen molar-refractivity contribution in [1.82, 2.24) is 24.1 Å². The topological polar surface area (TPSA) is 48.0 Å². The molecule has 0 N–H and O–H groups in total. The average Bonchev–Trinajstić information content (AvgIpc) is 3.23. The molecule has 0 aliphatic heterocycles. The lowest BCUT2D eigenvalue weighted by Gasteiger charge is -1.96. The second kappa shape index (κ2) is 4.99. The Bertz CT molecular complexity index is 888. The maximum absolute atomic E-state index is 4.51. The molecular formula is C15H11N5S. The molecule has 4 rings (SSSR count). The van der Waals surface area contributed by atoms with Crippen LogP contribution in [0.1, 0.15) is 10.6 Å². The second-order valence-corrected chi connectivity index (χ2v) is 5.41. The molecule has 6 heteroatoms. The Morgan fingerprint density at radius 1 is 1.05 bits per heavy atom. The molecule has 0 unspecified atom stereocenters. The molecule has 0 saturated heterocycles. The predicted molar refractivity (Wildman–Crippen MR) is 83.4 cm³/mol. The van der Waals surface area contributed by atoms with E-state index in [4.69, 9.17) is 0 Å². The van der Waals surface area contributed by atoms with Gasteiger partial charge in [0.2, 0.25) is 0 Å². The van der Waals surface area contributed by atoms with Crippen molar-refractivity contribution >= 4 is 29.3 Å². The molecule has 0 aromatic carbocycles. The van der Waals surface area contributed by atoms with Crippen molar-refractivity contribution < 1.29 is 0 Å². The highest BCUT2D eigenvalue weighted by molar-refractivity contribution is 7.10. The first-order valence-corrected chi connectivity index (χ1v) is 7.35. The number of aromatic nitrogens is 5. The summed E-state index contributed by atoms with van der Waals surface area (Å²) in [6.45, 7) is 0. The second-order valence-electron chi connectivity index (χ2n) is 4.43. The van der Waals surface area contributed by atoms with Gasteiger partial charge < -0.3 is 0 Å². The first kappa shape index (κ1) is 12.0. The third kappa shape index (κ3) is 2.25. The van der Waals surface area contributed by atoms with Crippen molar-refractivity contribution in [3.8, 4) is 5.95 Å². The molecule has 0 fully saturated rings. The van der Waals surface area contributed by atoms with Crippen LogP contribution >= 0.6 is 11.3 Å². The minimum Gasteiger partial charge on any atom is -0.291 e. The highest BCUT2D eigenvalue weighted by Gasteiger charge is 2.07. The molecule has 0 atom stereocenters. The van der Waals surface area contributed by atoms with Crippen LogP contribution in [0.15, 0.2) is 54.3 Å². The first-order valence-electron chi connectivity index (χ1n) is 6.47. The molecule has 0 bridgehead atoms. The SMILES string of the molecule is C(=C\c1ccnc2nc(-n3cccc3)nn12)/c1cccs1. The maximum Gasteiger partial charge on any atom is 0.255 e. The van der Waals surface area contributed by atoms with E-state index in [-0.39, 0.29) is 0 Å². The monoisotopic (exact) mass is 293 g/mol. The minimum absolute atomic E-state index is 0.590. The van der Waals surface area contributed by atoms with Crippen molar-refractivity contribution in [2.75, 3.05) is 0 Å². The number of hydrogen-bond donors (Lipinski definition) is 0. The van der Waals surface area contributed by atoms with E-state index < -0.39 is 0 Å². The summed E-state index contributed by atoms with van der Waals surface area (Å²) in [4.78, 5) is 9.90. The molecule has 0 aliphatic carbocycles. The Kier molecular flexibility index (Phi) is 2.86. The van der Waals surface area contributed by atoms with E-state index in [1.165, 1.54) is 4.88 Å². The quantitative estimate of drug-likeness (QED) is 0.583. The van der Waals surface area contributed by atoms with Crippen LogP contribution in [0.4, 0.5) is 0 Å². The zero-order valence-electron chi connectivity index (χ0n) is 11.0. The molecule has 0 saturated carbocycles. The van der Waals surface area contributed by atoms with Crippen LogP contribution < -0.4 is 0 Å². The molecule has 4 aromatic rings. The van der Waals surface area contributed by atoms with Crippen LogP contribution in [0.2, 0.25) is 0 Å². The predicted octanol–water partition coefficient (Wildman–Crippen LogP) is 3.15. The van der Waals surface area contributed by atoms with Gasteiger partial charge in [-0.15, -0.1) is 16.4 Å². The number of thiophene rings is 1. The number of fused-ring (bicyclic) bond motifs is 1. The van der Waals surface area contributed by atoms with Crippen LogP contribution in [0.3, 0.4) is 0 Å². The molecule has 0 spiro atoms. The summed E-state index contributed by atoms with van der Waals surface area (Å²) in [5.41, 5.74) is 0.944. The van der Waals surface area contributed by atoms with Crippen molar-refractivity contribution in [3.05, 3.63) is 64.9 Å². The fourth-order valence-electron chi connectivity index (χ4n) is 2.06. The van der Waals surface area contributed by atoms with Crippen LogP contribution in [0.5, 0.6) is 0 Å². The van der Waals surface area contributed by atoms with Crippen molar-refractivity contribution in [2.45, 2.75) is 0 Å². The Labute approximate surface area is 124 Å². The Morgan fingerprint density at radius 2 is 1.95 bits per heavy atom. The van der Waals surface area contributed by atoms with E-state index in [0.717, 1.165) is 5.69 Å². The maximum atomic E-state index is 4.51. The van der Waals surface area contributed by atoms with Gasteiger partial charge in [-0.3, -0.25) is 4.57 Å². The lowest BCUT2D eigenvalue weighted by atomic mass is 10.3. The van der Waals surface area contributed by atoms with Gasteiger partial charge in [0.05, 0.1) is 5.69 Å². The zero-order valence-corrected chi connectivity index (χ0v) is 11.8. The highest BCUT2D eigenvalue weighted by atomic mass is 32.1. The van der Waals surface area contributed by atoms with Gasteiger partial charge in [0.15, 0.2) is 0 Å². The molecule has 0 aliphatic rings. The number of hydrogen-bond acceptors (Lipinski definition) is 4. The van der Waals surface area contributed by atoms with Crippen molar-refractivity contribution in [1.29, 1.82) is 0 Å². The summed E-state index contributed by atoms with van der Waals surface area (Å²) in [6, 6.07) is 9.91. The Hall–Kier alpha value is -2.73. The summed E-state index contributed by atoms with van der Waals surface area (Å²) < 4.78 is 3.61. The largest absolute Gasteiger partial charge is 0.291 e. The smallest absolute Gasteiger partial charge is 0.255 e. The summed E-state index contributed by atoms with van der Waals surface area (Å²) in [5.74, 6) is 1.21. The first-order chi connectivity index (χ1) is 10.4. The normalized spacial score (nSPS) is 11.6. The van der Waals surface area contributed by atoms with Gasteiger partial charge in [-0.1, -0.05) is 6.07 Å². The fourth-order valence-corrected chi connectivity index (χ4v) is 2.68. The number of rotatable bonds is 3. The molecule has 21 heavy (non-hydrogen) atoms. The van der Waals surface area contributed by atoms with Crippen molar-refractivity contribution in [3.63, 3.8) is 0 Å².